The van der Waals surface area contributed by atoms with Gasteiger partial charge in [0.2, 0.25) is 10.0 Å². The summed E-state index contributed by atoms with van der Waals surface area (Å²) in [5.74, 6) is -0.652. The lowest BCUT2D eigenvalue weighted by Crippen LogP contribution is -2.20. The van der Waals surface area contributed by atoms with Gasteiger partial charge in [0.25, 0.3) is 5.91 Å². The van der Waals surface area contributed by atoms with E-state index in [-0.39, 0.29) is 10.5 Å². The number of carbonyl (C=O) groups excluding carboxylic acids is 1. The molecule has 0 spiro atoms. The number of sulfonamides is 1. The molecule has 128 valence electrons. The molecule has 0 fully saturated rings. The number of anilines is 1. The average molecular weight is 358 g/mol. The fourth-order valence-corrected chi connectivity index (χ4v) is 2.84. The number of primary sulfonamides is 1. The number of amides is 1. The van der Waals surface area contributed by atoms with Crippen molar-refractivity contribution in [1.29, 1.82) is 0 Å². The first kappa shape index (κ1) is 16.9. The zero-order chi connectivity index (χ0) is 18.2. The van der Waals surface area contributed by atoms with Gasteiger partial charge in [-0.1, -0.05) is 11.6 Å². The number of aryl methyl sites for hydroxylation is 1. The predicted octanol–water partition coefficient (Wildman–Crippen LogP) is 2.00. The van der Waals surface area contributed by atoms with Crippen LogP contribution in [0.15, 0.2) is 62.6 Å². The van der Waals surface area contributed by atoms with Crippen LogP contribution in [0.1, 0.15) is 15.9 Å². The van der Waals surface area contributed by atoms with Crippen molar-refractivity contribution in [2.75, 3.05) is 5.32 Å². The molecule has 1 aromatic heterocycles. The standard InChI is InChI=1S/C17H14N2O5S/c1-10-2-7-15-11(8-10)9-14(17(21)24-15)16(20)19-12-3-5-13(6-4-12)25(18,22)23/h2-9H,1H3,(H,19,20)(H2,18,22,23). The summed E-state index contributed by atoms with van der Waals surface area (Å²) in [6.45, 7) is 1.89. The van der Waals surface area contributed by atoms with Crippen molar-refractivity contribution in [2.45, 2.75) is 11.8 Å². The summed E-state index contributed by atoms with van der Waals surface area (Å²) in [5.41, 5.74) is 0.778. The van der Waals surface area contributed by atoms with Gasteiger partial charge in [-0.25, -0.2) is 18.4 Å². The van der Waals surface area contributed by atoms with E-state index in [0.29, 0.717) is 16.7 Å². The van der Waals surface area contributed by atoms with Crippen LogP contribution in [0.5, 0.6) is 0 Å². The lowest BCUT2D eigenvalue weighted by molar-refractivity contribution is 0.102. The van der Waals surface area contributed by atoms with Gasteiger partial charge < -0.3 is 9.73 Å². The number of carbonyl (C=O) groups is 1. The van der Waals surface area contributed by atoms with Crippen molar-refractivity contribution in [3.8, 4) is 0 Å². The predicted molar refractivity (Wildman–Crippen MR) is 93.0 cm³/mol. The highest BCUT2D eigenvalue weighted by molar-refractivity contribution is 7.89. The van der Waals surface area contributed by atoms with E-state index < -0.39 is 21.6 Å². The number of rotatable bonds is 3. The third-order valence-corrected chi connectivity index (χ3v) is 4.50. The Morgan fingerprint density at radius 3 is 2.40 bits per heavy atom. The van der Waals surface area contributed by atoms with E-state index in [1.807, 2.05) is 6.92 Å². The molecule has 0 radical (unpaired) electrons. The Hall–Kier alpha value is -2.97. The van der Waals surface area contributed by atoms with E-state index in [1.54, 1.807) is 18.2 Å². The molecule has 3 aromatic rings. The number of hydrogen-bond donors (Lipinski definition) is 2. The molecule has 0 aliphatic heterocycles. The van der Waals surface area contributed by atoms with Gasteiger partial charge in [0.1, 0.15) is 11.1 Å². The molecule has 0 saturated carbocycles. The van der Waals surface area contributed by atoms with E-state index >= 15 is 0 Å². The summed E-state index contributed by atoms with van der Waals surface area (Å²) in [6, 6.07) is 12.0. The smallest absolute Gasteiger partial charge is 0.349 e. The lowest BCUT2D eigenvalue weighted by Gasteiger charge is -2.06. The molecule has 0 aliphatic carbocycles. The first-order valence-corrected chi connectivity index (χ1v) is 8.77. The first-order chi connectivity index (χ1) is 11.7. The molecule has 0 atom stereocenters. The quantitative estimate of drug-likeness (QED) is 0.694. The zero-order valence-corrected chi connectivity index (χ0v) is 14.0. The van der Waals surface area contributed by atoms with Crippen LogP contribution >= 0.6 is 0 Å². The monoisotopic (exact) mass is 358 g/mol. The summed E-state index contributed by atoms with van der Waals surface area (Å²) in [4.78, 5) is 24.3. The van der Waals surface area contributed by atoms with Crippen LogP contribution in [-0.2, 0) is 10.0 Å². The Morgan fingerprint density at radius 2 is 1.76 bits per heavy atom. The number of nitrogens with one attached hydrogen (secondary N) is 1. The minimum atomic E-state index is -3.81. The fraction of sp³-hybridized carbons (Fsp3) is 0.0588. The van der Waals surface area contributed by atoms with Crippen molar-refractivity contribution < 1.29 is 17.6 Å². The highest BCUT2D eigenvalue weighted by Crippen LogP contribution is 2.17. The first-order valence-electron chi connectivity index (χ1n) is 7.23. The van der Waals surface area contributed by atoms with Gasteiger partial charge in [-0.2, -0.15) is 0 Å². The second-order valence-electron chi connectivity index (χ2n) is 5.51. The van der Waals surface area contributed by atoms with Gasteiger partial charge in [0, 0.05) is 11.1 Å². The van der Waals surface area contributed by atoms with Crippen LogP contribution in [-0.4, -0.2) is 14.3 Å². The summed E-state index contributed by atoms with van der Waals surface area (Å²) >= 11 is 0. The maximum Gasteiger partial charge on any atom is 0.349 e. The summed E-state index contributed by atoms with van der Waals surface area (Å²) < 4.78 is 27.6. The van der Waals surface area contributed by atoms with Crippen LogP contribution in [0.25, 0.3) is 11.0 Å². The molecule has 8 heteroatoms. The maximum atomic E-state index is 12.3. The van der Waals surface area contributed by atoms with E-state index in [0.717, 1.165) is 5.56 Å². The highest BCUT2D eigenvalue weighted by Gasteiger charge is 2.15. The van der Waals surface area contributed by atoms with Crippen LogP contribution in [0.2, 0.25) is 0 Å². The topological polar surface area (TPSA) is 119 Å². The Balaban J connectivity index is 1.92. The Morgan fingerprint density at radius 1 is 1.08 bits per heavy atom. The van der Waals surface area contributed by atoms with E-state index in [9.17, 15) is 18.0 Å². The number of hydrogen-bond acceptors (Lipinski definition) is 5. The SMILES string of the molecule is Cc1ccc2oc(=O)c(C(=O)Nc3ccc(S(N)(=O)=O)cc3)cc2c1. The minimum absolute atomic E-state index is 0.0776. The number of benzene rings is 2. The van der Waals surface area contributed by atoms with Gasteiger partial charge >= 0.3 is 5.63 Å². The Labute approximate surface area is 143 Å². The summed E-state index contributed by atoms with van der Waals surface area (Å²) in [5, 5.41) is 8.17. The van der Waals surface area contributed by atoms with Gasteiger partial charge in [0.15, 0.2) is 0 Å². The van der Waals surface area contributed by atoms with Crippen LogP contribution < -0.4 is 16.1 Å². The average Bonchev–Trinajstić information content (AvgIpc) is 2.54. The maximum absolute atomic E-state index is 12.3. The lowest BCUT2D eigenvalue weighted by atomic mass is 10.1. The molecule has 2 aromatic carbocycles. The number of nitrogens with two attached hydrogens (primary N) is 1. The van der Waals surface area contributed by atoms with Crippen LogP contribution in [0.3, 0.4) is 0 Å². The van der Waals surface area contributed by atoms with Crippen molar-refractivity contribution in [3.05, 3.63) is 70.1 Å². The molecule has 25 heavy (non-hydrogen) atoms. The van der Waals surface area contributed by atoms with Crippen LogP contribution in [0.4, 0.5) is 5.69 Å². The summed E-state index contributed by atoms with van der Waals surface area (Å²) in [7, 11) is -3.81. The minimum Gasteiger partial charge on any atom is -0.422 e. The summed E-state index contributed by atoms with van der Waals surface area (Å²) in [6.07, 6.45) is 0. The molecule has 7 nitrogen and oxygen atoms in total. The Bertz CT molecular complexity index is 1130. The zero-order valence-electron chi connectivity index (χ0n) is 13.1. The van der Waals surface area contributed by atoms with E-state index in [2.05, 4.69) is 5.32 Å². The van der Waals surface area contributed by atoms with Crippen molar-refractivity contribution >= 4 is 32.6 Å². The van der Waals surface area contributed by atoms with Gasteiger partial charge in [-0.3, -0.25) is 4.79 Å². The second kappa shape index (κ2) is 6.15. The molecule has 3 rings (SSSR count). The normalized spacial score (nSPS) is 11.4. The van der Waals surface area contributed by atoms with E-state index in [1.165, 1.54) is 30.3 Å². The van der Waals surface area contributed by atoms with Gasteiger partial charge in [-0.05, 0) is 49.4 Å². The van der Waals surface area contributed by atoms with Crippen LogP contribution in [0, 0.1) is 6.92 Å². The molecule has 0 bridgehead atoms. The fourth-order valence-electron chi connectivity index (χ4n) is 2.33. The van der Waals surface area contributed by atoms with E-state index in [4.69, 9.17) is 9.56 Å². The van der Waals surface area contributed by atoms with Gasteiger partial charge in [0.05, 0.1) is 4.90 Å². The molecule has 0 saturated heterocycles. The Kier molecular flexibility index (Phi) is 4.15. The molecule has 0 unspecified atom stereocenters. The molecule has 1 heterocycles. The van der Waals surface area contributed by atoms with Crippen molar-refractivity contribution in [2.24, 2.45) is 5.14 Å². The van der Waals surface area contributed by atoms with Crippen molar-refractivity contribution in [3.63, 3.8) is 0 Å². The molecular formula is C17H14N2O5S. The molecule has 1 amide bonds. The largest absolute Gasteiger partial charge is 0.422 e. The second-order valence-corrected chi connectivity index (χ2v) is 7.07. The molecule has 3 N–H and O–H groups in total. The molecule has 0 aliphatic rings. The molecular weight excluding hydrogens is 344 g/mol. The van der Waals surface area contributed by atoms with Gasteiger partial charge in [-0.15, -0.1) is 0 Å². The third-order valence-electron chi connectivity index (χ3n) is 3.57. The number of fused-ring (bicyclic) bond motifs is 1. The van der Waals surface area contributed by atoms with Crippen molar-refractivity contribution in [1.82, 2.24) is 0 Å². The highest BCUT2D eigenvalue weighted by atomic mass is 32.2. The third kappa shape index (κ3) is 3.59.